The van der Waals surface area contributed by atoms with Crippen LogP contribution in [0.15, 0.2) is 18.2 Å². The van der Waals surface area contributed by atoms with Gasteiger partial charge in [-0.25, -0.2) is 17.1 Å². The maximum atomic E-state index is 13.7. The maximum absolute atomic E-state index is 13.7. The summed E-state index contributed by atoms with van der Waals surface area (Å²) < 4.78 is 38.3. The fourth-order valence-corrected chi connectivity index (χ4v) is 3.86. The van der Waals surface area contributed by atoms with E-state index in [0.717, 1.165) is 12.8 Å². The van der Waals surface area contributed by atoms with Crippen LogP contribution >= 0.6 is 11.6 Å². The number of hydrogen-bond donors (Lipinski definition) is 1. The molecule has 118 valence electrons. The summed E-state index contributed by atoms with van der Waals surface area (Å²) >= 11 is 5.82. The van der Waals surface area contributed by atoms with Crippen LogP contribution in [0.5, 0.6) is 0 Å². The highest BCUT2D eigenvalue weighted by Crippen LogP contribution is 2.30. The Morgan fingerprint density at radius 3 is 2.90 bits per heavy atom. The summed E-state index contributed by atoms with van der Waals surface area (Å²) in [4.78, 5) is 0. The molecule has 2 unspecified atom stereocenters. The molecule has 0 spiro atoms. The van der Waals surface area contributed by atoms with Gasteiger partial charge in [0.15, 0.2) is 0 Å². The maximum Gasteiger partial charge on any atom is 0.211 e. The van der Waals surface area contributed by atoms with E-state index >= 15 is 0 Å². The highest BCUT2D eigenvalue weighted by atomic mass is 35.5. The van der Waals surface area contributed by atoms with Crippen molar-refractivity contribution in [1.29, 1.82) is 0 Å². The van der Waals surface area contributed by atoms with Gasteiger partial charge in [-0.3, -0.25) is 0 Å². The van der Waals surface area contributed by atoms with Crippen LogP contribution in [0.3, 0.4) is 0 Å². The molecule has 4 nitrogen and oxygen atoms in total. The lowest BCUT2D eigenvalue weighted by Crippen LogP contribution is -2.39. The molecule has 1 aromatic rings. The Morgan fingerprint density at radius 1 is 1.52 bits per heavy atom. The first-order chi connectivity index (χ1) is 9.77. The molecule has 0 radical (unpaired) electrons. The van der Waals surface area contributed by atoms with Gasteiger partial charge in [-0.05, 0) is 43.4 Å². The number of aliphatic hydroxyl groups excluding tert-OH is 1. The zero-order valence-corrected chi connectivity index (χ0v) is 13.4. The minimum Gasteiger partial charge on any atom is -0.388 e. The van der Waals surface area contributed by atoms with Crippen molar-refractivity contribution in [3.63, 3.8) is 0 Å². The van der Waals surface area contributed by atoms with E-state index in [1.807, 2.05) is 0 Å². The first-order valence-electron chi connectivity index (χ1n) is 6.85. The topological polar surface area (TPSA) is 57.6 Å². The van der Waals surface area contributed by atoms with Crippen LogP contribution in [-0.2, 0) is 10.0 Å². The molecule has 1 aromatic carbocycles. The quantitative estimate of drug-likeness (QED) is 0.920. The van der Waals surface area contributed by atoms with Crippen LogP contribution in [0.2, 0.25) is 5.02 Å². The van der Waals surface area contributed by atoms with Gasteiger partial charge >= 0.3 is 0 Å². The minimum atomic E-state index is -3.22. The second-order valence-corrected chi connectivity index (χ2v) is 7.97. The Balaban J connectivity index is 2.05. The summed E-state index contributed by atoms with van der Waals surface area (Å²) in [6.45, 7) is 0.884. The number of aliphatic hydroxyl groups is 1. The molecule has 1 heterocycles. The molecule has 2 atom stereocenters. The van der Waals surface area contributed by atoms with E-state index in [0.29, 0.717) is 24.5 Å². The van der Waals surface area contributed by atoms with Crippen molar-refractivity contribution in [2.45, 2.75) is 25.4 Å². The molecule has 2 rings (SSSR count). The number of sulfonamides is 1. The molecular weight excluding hydrogens is 317 g/mol. The number of hydrogen-bond acceptors (Lipinski definition) is 3. The zero-order chi connectivity index (χ0) is 15.6. The third-order valence-electron chi connectivity index (χ3n) is 3.82. The Kier molecular flexibility index (Phi) is 5.24. The van der Waals surface area contributed by atoms with Crippen molar-refractivity contribution in [3.8, 4) is 0 Å². The second-order valence-electron chi connectivity index (χ2n) is 5.55. The molecule has 0 aliphatic carbocycles. The largest absolute Gasteiger partial charge is 0.388 e. The lowest BCUT2D eigenvalue weighted by atomic mass is 9.91. The van der Waals surface area contributed by atoms with Gasteiger partial charge in [0.05, 0.1) is 12.4 Å². The summed E-state index contributed by atoms with van der Waals surface area (Å²) in [5, 5.41) is 10.6. The van der Waals surface area contributed by atoms with Crippen molar-refractivity contribution in [2.24, 2.45) is 5.92 Å². The Morgan fingerprint density at radius 2 is 2.24 bits per heavy atom. The molecule has 0 bridgehead atoms. The van der Waals surface area contributed by atoms with E-state index < -0.39 is 21.9 Å². The van der Waals surface area contributed by atoms with E-state index in [1.54, 1.807) is 0 Å². The van der Waals surface area contributed by atoms with Gasteiger partial charge in [-0.2, -0.15) is 0 Å². The summed E-state index contributed by atoms with van der Waals surface area (Å²) in [6, 6.07) is 4.07. The normalized spacial score (nSPS) is 22.2. The Hall–Kier alpha value is -0.690. The number of piperidine rings is 1. The minimum absolute atomic E-state index is 0.0156. The van der Waals surface area contributed by atoms with Gasteiger partial charge in [-0.1, -0.05) is 11.6 Å². The second kappa shape index (κ2) is 6.60. The first-order valence-corrected chi connectivity index (χ1v) is 9.08. The van der Waals surface area contributed by atoms with E-state index in [4.69, 9.17) is 11.6 Å². The summed E-state index contributed by atoms with van der Waals surface area (Å²) in [6.07, 6.45) is 2.10. The van der Waals surface area contributed by atoms with Crippen molar-refractivity contribution in [1.82, 2.24) is 4.31 Å². The molecule has 0 amide bonds. The van der Waals surface area contributed by atoms with Crippen LogP contribution in [0.25, 0.3) is 0 Å². The smallest absolute Gasteiger partial charge is 0.211 e. The third kappa shape index (κ3) is 4.39. The molecule has 1 N–H and O–H groups in total. The number of nitrogens with zero attached hydrogens (tertiary/aromatic N) is 1. The lowest BCUT2D eigenvalue weighted by Gasteiger charge is -2.32. The van der Waals surface area contributed by atoms with Gasteiger partial charge < -0.3 is 5.11 Å². The van der Waals surface area contributed by atoms with Crippen molar-refractivity contribution in [2.75, 3.05) is 19.3 Å². The fourth-order valence-electron chi connectivity index (χ4n) is 2.73. The van der Waals surface area contributed by atoms with Gasteiger partial charge in [-0.15, -0.1) is 0 Å². The average molecular weight is 336 g/mol. The molecule has 7 heteroatoms. The van der Waals surface area contributed by atoms with E-state index in [2.05, 4.69) is 0 Å². The SMILES string of the molecule is CS(=O)(=O)N1CCCC(CC(O)c2cc(Cl)ccc2F)C1. The van der Waals surface area contributed by atoms with Gasteiger partial charge in [0.25, 0.3) is 0 Å². The first kappa shape index (κ1) is 16.7. The fraction of sp³-hybridized carbons (Fsp3) is 0.571. The molecule has 21 heavy (non-hydrogen) atoms. The van der Waals surface area contributed by atoms with Crippen LogP contribution in [-0.4, -0.2) is 37.2 Å². The molecule has 0 aromatic heterocycles. The molecule has 0 saturated carbocycles. The molecule has 1 fully saturated rings. The van der Waals surface area contributed by atoms with Crippen LogP contribution < -0.4 is 0 Å². The van der Waals surface area contributed by atoms with E-state index in [9.17, 15) is 17.9 Å². The van der Waals surface area contributed by atoms with Crippen molar-refractivity contribution >= 4 is 21.6 Å². The van der Waals surface area contributed by atoms with Crippen LogP contribution in [0.1, 0.15) is 30.9 Å². The van der Waals surface area contributed by atoms with E-state index in [1.165, 1.54) is 28.8 Å². The number of rotatable bonds is 4. The zero-order valence-electron chi connectivity index (χ0n) is 11.8. The highest BCUT2D eigenvalue weighted by Gasteiger charge is 2.28. The van der Waals surface area contributed by atoms with Crippen LogP contribution in [0, 0.1) is 11.7 Å². The summed E-state index contributed by atoms with van der Waals surface area (Å²) in [5.74, 6) is -0.482. The van der Waals surface area contributed by atoms with Gasteiger partial charge in [0.1, 0.15) is 5.82 Å². The van der Waals surface area contributed by atoms with Crippen molar-refractivity contribution in [3.05, 3.63) is 34.6 Å². The summed E-state index contributed by atoms with van der Waals surface area (Å²) in [7, 11) is -3.22. The monoisotopic (exact) mass is 335 g/mol. The average Bonchev–Trinajstić information content (AvgIpc) is 2.41. The predicted octanol–water partition coefficient (Wildman–Crippen LogP) is 2.57. The Bertz CT molecular complexity index is 608. The Labute approximate surface area is 129 Å². The van der Waals surface area contributed by atoms with Crippen LogP contribution in [0.4, 0.5) is 4.39 Å². The lowest BCUT2D eigenvalue weighted by molar-refractivity contribution is 0.119. The molecule has 1 aliphatic rings. The third-order valence-corrected chi connectivity index (χ3v) is 5.33. The predicted molar refractivity (Wildman–Crippen MR) is 80.1 cm³/mol. The number of benzene rings is 1. The molecular formula is C14H19ClFNO3S. The highest BCUT2D eigenvalue weighted by molar-refractivity contribution is 7.88. The standard InChI is InChI=1S/C14H19ClFNO3S/c1-21(19,20)17-6-2-3-10(9-17)7-14(18)12-8-11(15)4-5-13(12)16/h4-5,8,10,14,18H,2-3,6-7,9H2,1H3. The molecule has 1 aliphatic heterocycles. The van der Waals surface area contributed by atoms with Gasteiger partial charge in [0, 0.05) is 23.7 Å². The van der Waals surface area contributed by atoms with E-state index in [-0.39, 0.29) is 11.5 Å². The molecule has 1 saturated heterocycles. The van der Waals surface area contributed by atoms with Crippen molar-refractivity contribution < 1.29 is 17.9 Å². The van der Waals surface area contributed by atoms with Gasteiger partial charge in [0.2, 0.25) is 10.0 Å². The summed E-state index contributed by atoms with van der Waals surface area (Å²) in [5.41, 5.74) is 0.166. The number of halogens is 2.